The molecule has 0 atom stereocenters. The monoisotopic (exact) mass is 390 g/mol. The van der Waals surface area contributed by atoms with E-state index in [9.17, 15) is 13.2 Å². The van der Waals surface area contributed by atoms with Gasteiger partial charge in [-0.15, -0.1) is 0 Å². The molecule has 0 aliphatic heterocycles. The lowest BCUT2D eigenvalue weighted by Crippen LogP contribution is -2.36. The molecule has 2 aromatic rings. The lowest BCUT2D eigenvalue weighted by Gasteiger charge is -2.20. The van der Waals surface area contributed by atoms with Gasteiger partial charge in [0.1, 0.15) is 5.75 Å². The first-order chi connectivity index (χ1) is 12.7. The molecule has 0 heterocycles. The highest BCUT2D eigenvalue weighted by Crippen LogP contribution is 2.18. The normalized spacial score (nSPS) is 11.6. The van der Waals surface area contributed by atoms with E-state index in [0.717, 1.165) is 16.1 Å². The number of amides is 1. The molecular formula is C20H26N2O4S. The molecule has 0 saturated heterocycles. The van der Waals surface area contributed by atoms with E-state index in [1.165, 1.54) is 5.56 Å². The van der Waals surface area contributed by atoms with Gasteiger partial charge in [0.15, 0.2) is 0 Å². The van der Waals surface area contributed by atoms with Gasteiger partial charge in [-0.05, 0) is 41.3 Å². The predicted octanol–water partition coefficient (Wildman–Crippen LogP) is 3.22. The molecule has 0 aliphatic carbocycles. The maximum absolute atomic E-state index is 12.3. The van der Waals surface area contributed by atoms with E-state index in [2.05, 4.69) is 19.2 Å². The molecule has 0 bridgehead atoms. The molecule has 0 spiro atoms. The maximum Gasteiger partial charge on any atom is 0.239 e. The number of rotatable bonds is 8. The van der Waals surface area contributed by atoms with Crippen LogP contribution in [0.15, 0.2) is 48.5 Å². The summed E-state index contributed by atoms with van der Waals surface area (Å²) in [6.45, 7) is 4.05. The summed E-state index contributed by atoms with van der Waals surface area (Å²) in [5.74, 6) is 0.707. The Morgan fingerprint density at radius 1 is 1.07 bits per heavy atom. The average Bonchev–Trinajstić information content (AvgIpc) is 2.61. The molecule has 2 aromatic carbocycles. The van der Waals surface area contributed by atoms with Gasteiger partial charge in [0.05, 0.1) is 19.9 Å². The zero-order chi connectivity index (χ0) is 20.0. The second kappa shape index (κ2) is 9.01. The van der Waals surface area contributed by atoms with Crippen molar-refractivity contribution in [2.75, 3.05) is 25.2 Å². The number of hydrogen-bond acceptors (Lipinski definition) is 4. The summed E-state index contributed by atoms with van der Waals surface area (Å²) >= 11 is 0. The summed E-state index contributed by atoms with van der Waals surface area (Å²) in [4.78, 5) is 12.3. The Morgan fingerprint density at radius 2 is 1.67 bits per heavy atom. The molecule has 1 N–H and O–H groups in total. The number of ether oxygens (including phenoxy) is 1. The minimum Gasteiger partial charge on any atom is -0.497 e. The summed E-state index contributed by atoms with van der Waals surface area (Å²) in [5, 5.41) is 2.75. The van der Waals surface area contributed by atoms with Gasteiger partial charge < -0.3 is 10.1 Å². The lowest BCUT2D eigenvalue weighted by molar-refractivity contribution is -0.116. The summed E-state index contributed by atoms with van der Waals surface area (Å²) in [5.41, 5.74) is 2.59. The Hall–Kier alpha value is -2.38. The molecule has 146 valence electrons. The van der Waals surface area contributed by atoms with Crippen LogP contribution >= 0.6 is 0 Å². The number of benzene rings is 2. The van der Waals surface area contributed by atoms with Crippen LogP contribution in [0.3, 0.4) is 0 Å². The van der Waals surface area contributed by atoms with Crippen LogP contribution in [-0.2, 0) is 21.4 Å². The Balaban J connectivity index is 2.05. The fraction of sp³-hybridized carbons (Fsp3) is 0.350. The van der Waals surface area contributed by atoms with Gasteiger partial charge in [-0.2, -0.15) is 4.31 Å². The third-order valence-corrected chi connectivity index (χ3v) is 5.36. The van der Waals surface area contributed by atoms with Crippen LogP contribution in [0.5, 0.6) is 5.75 Å². The topological polar surface area (TPSA) is 75.7 Å². The minimum atomic E-state index is -3.54. The standard InChI is InChI=1S/C20H26N2O4S/c1-15(2)17-7-9-18(10-8-17)21-20(23)14-22(27(4,24)25)13-16-5-11-19(26-3)12-6-16/h5-12,15H,13-14H2,1-4H3,(H,21,23). The van der Waals surface area contributed by atoms with Crippen molar-refractivity contribution in [3.05, 3.63) is 59.7 Å². The zero-order valence-corrected chi connectivity index (χ0v) is 16.9. The number of sulfonamides is 1. The van der Waals surface area contributed by atoms with Crippen LogP contribution in [-0.4, -0.2) is 38.5 Å². The third kappa shape index (κ3) is 6.37. The number of methoxy groups -OCH3 is 1. The van der Waals surface area contributed by atoms with Gasteiger partial charge in [-0.25, -0.2) is 8.42 Å². The van der Waals surface area contributed by atoms with Crippen molar-refractivity contribution in [1.82, 2.24) is 4.31 Å². The average molecular weight is 391 g/mol. The third-order valence-electron chi connectivity index (χ3n) is 4.17. The van der Waals surface area contributed by atoms with Crippen LogP contribution < -0.4 is 10.1 Å². The van der Waals surface area contributed by atoms with Crippen LogP contribution in [0, 0.1) is 0 Å². The minimum absolute atomic E-state index is 0.114. The number of carbonyl (C=O) groups is 1. The number of nitrogens with zero attached hydrogens (tertiary/aromatic N) is 1. The van der Waals surface area contributed by atoms with Crippen LogP contribution in [0.25, 0.3) is 0 Å². The van der Waals surface area contributed by atoms with E-state index >= 15 is 0 Å². The first kappa shape index (κ1) is 20.9. The van der Waals surface area contributed by atoms with Gasteiger partial charge >= 0.3 is 0 Å². The summed E-state index contributed by atoms with van der Waals surface area (Å²) in [6, 6.07) is 14.6. The van der Waals surface area contributed by atoms with E-state index in [-0.39, 0.29) is 19.0 Å². The molecule has 0 aromatic heterocycles. The van der Waals surface area contributed by atoms with Crippen molar-refractivity contribution in [3.63, 3.8) is 0 Å². The van der Waals surface area contributed by atoms with Gasteiger partial charge in [0.2, 0.25) is 15.9 Å². The molecule has 0 fully saturated rings. The van der Waals surface area contributed by atoms with Gasteiger partial charge in [-0.3, -0.25) is 4.79 Å². The van der Waals surface area contributed by atoms with E-state index in [1.807, 2.05) is 24.3 Å². The number of anilines is 1. The second-order valence-electron chi connectivity index (χ2n) is 6.70. The molecule has 6 nitrogen and oxygen atoms in total. The molecule has 2 rings (SSSR count). The highest BCUT2D eigenvalue weighted by molar-refractivity contribution is 7.88. The molecule has 0 aliphatic rings. The van der Waals surface area contributed by atoms with Crippen LogP contribution in [0.4, 0.5) is 5.69 Å². The van der Waals surface area contributed by atoms with Gasteiger partial charge in [0, 0.05) is 12.2 Å². The zero-order valence-electron chi connectivity index (χ0n) is 16.1. The van der Waals surface area contributed by atoms with Crippen molar-refractivity contribution in [1.29, 1.82) is 0 Å². The van der Waals surface area contributed by atoms with E-state index in [1.54, 1.807) is 31.4 Å². The Kier molecular flexibility index (Phi) is 6.98. The summed E-state index contributed by atoms with van der Waals surface area (Å²) in [7, 11) is -1.98. The molecule has 0 radical (unpaired) electrons. The number of nitrogens with one attached hydrogen (secondary N) is 1. The molecule has 7 heteroatoms. The highest BCUT2D eigenvalue weighted by atomic mass is 32.2. The van der Waals surface area contributed by atoms with Crippen molar-refractivity contribution in [3.8, 4) is 5.75 Å². The number of carbonyl (C=O) groups excluding carboxylic acids is 1. The number of hydrogen-bond donors (Lipinski definition) is 1. The predicted molar refractivity (Wildman–Crippen MR) is 107 cm³/mol. The van der Waals surface area contributed by atoms with Crippen LogP contribution in [0.2, 0.25) is 0 Å². The van der Waals surface area contributed by atoms with Gasteiger partial charge in [0.25, 0.3) is 0 Å². The Labute approximate surface area is 161 Å². The van der Waals surface area contributed by atoms with Crippen molar-refractivity contribution in [2.24, 2.45) is 0 Å². The molecule has 0 saturated carbocycles. The Bertz CT molecular complexity index is 860. The fourth-order valence-corrected chi connectivity index (χ4v) is 3.27. The smallest absolute Gasteiger partial charge is 0.239 e. The maximum atomic E-state index is 12.3. The summed E-state index contributed by atoms with van der Waals surface area (Å²) < 4.78 is 30.4. The fourth-order valence-electron chi connectivity index (χ4n) is 2.54. The van der Waals surface area contributed by atoms with Gasteiger partial charge in [-0.1, -0.05) is 38.1 Å². The van der Waals surface area contributed by atoms with E-state index in [0.29, 0.717) is 17.4 Å². The first-order valence-corrected chi connectivity index (χ1v) is 10.5. The van der Waals surface area contributed by atoms with E-state index in [4.69, 9.17) is 4.74 Å². The first-order valence-electron chi connectivity index (χ1n) is 8.67. The van der Waals surface area contributed by atoms with Crippen molar-refractivity contribution < 1.29 is 17.9 Å². The largest absolute Gasteiger partial charge is 0.497 e. The molecular weight excluding hydrogens is 364 g/mol. The quantitative estimate of drug-likeness (QED) is 0.751. The summed E-state index contributed by atoms with van der Waals surface area (Å²) in [6.07, 6.45) is 1.10. The molecule has 27 heavy (non-hydrogen) atoms. The SMILES string of the molecule is COc1ccc(CN(CC(=O)Nc2ccc(C(C)C)cc2)S(C)(=O)=O)cc1. The molecule has 1 amide bonds. The van der Waals surface area contributed by atoms with Crippen molar-refractivity contribution >= 4 is 21.6 Å². The molecule has 0 unspecified atom stereocenters. The van der Waals surface area contributed by atoms with E-state index < -0.39 is 10.0 Å². The highest BCUT2D eigenvalue weighted by Gasteiger charge is 2.20. The Morgan fingerprint density at radius 3 is 2.15 bits per heavy atom. The lowest BCUT2D eigenvalue weighted by atomic mass is 10.0. The van der Waals surface area contributed by atoms with Crippen molar-refractivity contribution in [2.45, 2.75) is 26.3 Å². The second-order valence-corrected chi connectivity index (χ2v) is 8.69. The van der Waals surface area contributed by atoms with Crippen LogP contribution in [0.1, 0.15) is 30.9 Å².